The first-order valence-corrected chi connectivity index (χ1v) is 7.18. The largest absolute Gasteiger partial charge is 0.321 e. The molecule has 0 unspecified atom stereocenters. The molecule has 0 atom stereocenters. The SMILES string of the molecule is CC(C)C(=O)Nc1c(F)cc(S(=O)(=O)Cl)cc1F. The maximum Gasteiger partial charge on any atom is 0.261 e. The second-order valence-corrected chi connectivity index (χ2v) is 6.41. The van der Waals surface area contributed by atoms with E-state index in [1.807, 2.05) is 5.32 Å². The number of rotatable bonds is 3. The molecule has 0 saturated heterocycles. The zero-order valence-electron chi connectivity index (χ0n) is 9.50. The standard InChI is InChI=1S/C10H10ClF2NO3S/c1-5(2)10(15)14-9-7(12)3-6(4-8(9)13)18(11,16)17/h3-5H,1-2H3,(H,14,15). The van der Waals surface area contributed by atoms with Crippen molar-refractivity contribution in [3.05, 3.63) is 23.8 Å². The van der Waals surface area contributed by atoms with Gasteiger partial charge in [-0.2, -0.15) is 0 Å². The van der Waals surface area contributed by atoms with Crippen molar-refractivity contribution in [2.24, 2.45) is 5.92 Å². The lowest BCUT2D eigenvalue weighted by Gasteiger charge is -2.10. The van der Waals surface area contributed by atoms with E-state index in [9.17, 15) is 22.0 Å². The van der Waals surface area contributed by atoms with Crippen LogP contribution in [0.5, 0.6) is 0 Å². The minimum Gasteiger partial charge on any atom is -0.321 e. The summed E-state index contributed by atoms with van der Waals surface area (Å²) in [5, 5.41) is 2.03. The molecule has 8 heteroatoms. The second-order valence-electron chi connectivity index (χ2n) is 3.84. The maximum atomic E-state index is 13.5. The first-order chi connectivity index (χ1) is 8.12. The van der Waals surface area contributed by atoms with E-state index >= 15 is 0 Å². The van der Waals surface area contributed by atoms with Crippen molar-refractivity contribution in [3.63, 3.8) is 0 Å². The summed E-state index contributed by atoms with van der Waals surface area (Å²) in [5.74, 6) is -3.47. The first kappa shape index (κ1) is 14.8. The number of amides is 1. The first-order valence-electron chi connectivity index (χ1n) is 4.87. The van der Waals surface area contributed by atoms with E-state index in [2.05, 4.69) is 0 Å². The fraction of sp³-hybridized carbons (Fsp3) is 0.300. The molecule has 0 fully saturated rings. The van der Waals surface area contributed by atoms with E-state index in [0.717, 1.165) is 0 Å². The average molecular weight is 298 g/mol. The predicted molar refractivity (Wildman–Crippen MR) is 62.9 cm³/mol. The van der Waals surface area contributed by atoms with Crippen LogP contribution in [0, 0.1) is 17.6 Å². The lowest BCUT2D eigenvalue weighted by Crippen LogP contribution is -2.19. The van der Waals surface area contributed by atoms with Gasteiger partial charge >= 0.3 is 0 Å². The van der Waals surface area contributed by atoms with Crippen molar-refractivity contribution in [3.8, 4) is 0 Å². The third-order valence-electron chi connectivity index (χ3n) is 2.07. The van der Waals surface area contributed by atoms with Crippen molar-refractivity contribution in [1.82, 2.24) is 0 Å². The smallest absolute Gasteiger partial charge is 0.261 e. The molecule has 0 saturated carbocycles. The summed E-state index contributed by atoms with van der Waals surface area (Å²) in [7, 11) is 0.733. The van der Waals surface area contributed by atoms with Crippen LogP contribution in [0.25, 0.3) is 0 Å². The third-order valence-corrected chi connectivity index (χ3v) is 3.40. The normalized spacial score (nSPS) is 11.7. The fourth-order valence-electron chi connectivity index (χ4n) is 1.08. The molecule has 18 heavy (non-hydrogen) atoms. The van der Waals surface area contributed by atoms with Crippen LogP contribution in [0.15, 0.2) is 17.0 Å². The van der Waals surface area contributed by atoms with Crippen LogP contribution >= 0.6 is 10.7 Å². The lowest BCUT2D eigenvalue weighted by atomic mass is 10.2. The number of benzene rings is 1. The molecule has 0 spiro atoms. The Hall–Kier alpha value is -1.21. The van der Waals surface area contributed by atoms with Crippen molar-refractivity contribution in [2.75, 3.05) is 5.32 Å². The number of anilines is 1. The van der Waals surface area contributed by atoms with Gasteiger partial charge in [0.05, 0.1) is 4.90 Å². The molecule has 0 aliphatic heterocycles. The van der Waals surface area contributed by atoms with Gasteiger partial charge in [-0.15, -0.1) is 0 Å². The lowest BCUT2D eigenvalue weighted by molar-refractivity contribution is -0.118. The van der Waals surface area contributed by atoms with Crippen LogP contribution < -0.4 is 5.32 Å². The highest BCUT2D eigenvalue weighted by molar-refractivity contribution is 8.13. The van der Waals surface area contributed by atoms with Crippen LogP contribution in [0.3, 0.4) is 0 Å². The maximum absolute atomic E-state index is 13.5. The van der Waals surface area contributed by atoms with Crippen LogP contribution in [0.4, 0.5) is 14.5 Å². The molecule has 0 aromatic heterocycles. The number of carbonyl (C=O) groups excluding carboxylic acids is 1. The topological polar surface area (TPSA) is 63.2 Å². The van der Waals surface area contributed by atoms with Gasteiger partial charge in [0.2, 0.25) is 5.91 Å². The zero-order valence-corrected chi connectivity index (χ0v) is 11.1. The molecule has 0 heterocycles. The quantitative estimate of drug-likeness (QED) is 0.872. The Kier molecular flexibility index (Phi) is 4.28. The fourth-order valence-corrected chi connectivity index (χ4v) is 1.83. The van der Waals surface area contributed by atoms with Crippen molar-refractivity contribution in [2.45, 2.75) is 18.7 Å². The van der Waals surface area contributed by atoms with Gasteiger partial charge in [0.1, 0.15) is 5.69 Å². The summed E-state index contributed by atoms with van der Waals surface area (Å²) >= 11 is 0. The van der Waals surface area contributed by atoms with E-state index in [0.29, 0.717) is 12.1 Å². The highest BCUT2D eigenvalue weighted by atomic mass is 35.7. The van der Waals surface area contributed by atoms with E-state index in [4.69, 9.17) is 10.7 Å². The minimum atomic E-state index is -4.23. The van der Waals surface area contributed by atoms with Crippen LogP contribution in [0.2, 0.25) is 0 Å². The van der Waals surface area contributed by atoms with Crippen LogP contribution in [-0.4, -0.2) is 14.3 Å². The molecule has 4 nitrogen and oxygen atoms in total. The van der Waals surface area contributed by atoms with Gasteiger partial charge in [-0.05, 0) is 12.1 Å². The molecule has 0 aliphatic carbocycles. The molecule has 0 radical (unpaired) electrons. The number of halogens is 3. The molecular weight excluding hydrogens is 288 g/mol. The molecule has 100 valence electrons. The Morgan fingerprint density at radius 3 is 2.06 bits per heavy atom. The highest BCUT2D eigenvalue weighted by Gasteiger charge is 2.20. The molecule has 1 amide bonds. The van der Waals surface area contributed by atoms with Crippen LogP contribution in [-0.2, 0) is 13.8 Å². The molecule has 0 aliphatic rings. The zero-order chi connectivity index (χ0) is 14.1. The molecule has 0 bridgehead atoms. The van der Waals surface area contributed by atoms with Crippen molar-refractivity contribution >= 4 is 31.3 Å². The monoisotopic (exact) mass is 297 g/mol. The van der Waals surface area contributed by atoms with Crippen LogP contribution in [0.1, 0.15) is 13.8 Å². The molecule has 1 aromatic rings. The average Bonchev–Trinajstić information content (AvgIpc) is 2.21. The summed E-state index contributed by atoms with van der Waals surface area (Å²) in [5.41, 5.74) is -0.697. The van der Waals surface area contributed by atoms with E-state index < -0.39 is 43.1 Å². The molecule has 1 aromatic carbocycles. The van der Waals surface area contributed by atoms with Gasteiger partial charge in [0, 0.05) is 16.6 Å². The summed E-state index contributed by atoms with van der Waals surface area (Å²) in [4.78, 5) is 10.6. The Morgan fingerprint density at radius 2 is 1.72 bits per heavy atom. The van der Waals surface area contributed by atoms with Gasteiger partial charge in [0.15, 0.2) is 11.6 Å². The predicted octanol–water partition coefficient (Wildman–Crippen LogP) is 2.49. The van der Waals surface area contributed by atoms with Crippen molar-refractivity contribution < 1.29 is 22.0 Å². The Morgan fingerprint density at radius 1 is 1.28 bits per heavy atom. The molecule has 1 N–H and O–H groups in total. The number of carbonyl (C=O) groups is 1. The summed E-state index contributed by atoms with van der Waals surface area (Å²) in [6.07, 6.45) is 0. The molecule has 1 rings (SSSR count). The van der Waals surface area contributed by atoms with Gasteiger partial charge in [-0.3, -0.25) is 4.79 Å². The highest BCUT2D eigenvalue weighted by Crippen LogP contribution is 2.25. The Labute approximate surface area is 107 Å². The Balaban J connectivity index is 3.22. The Bertz CT molecular complexity index is 564. The number of nitrogens with one attached hydrogen (secondary N) is 1. The summed E-state index contributed by atoms with van der Waals surface area (Å²) in [6, 6.07) is 1.09. The van der Waals surface area contributed by atoms with E-state index in [1.165, 1.54) is 0 Å². The van der Waals surface area contributed by atoms with Gasteiger partial charge in [-0.1, -0.05) is 13.8 Å². The van der Waals surface area contributed by atoms with Gasteiger partial charge < -0.3 is 5.32 Å². The second kappa shape index (κ2) is 5.19. The van der Waals surface area contributed by atoms with E-state index in [1.54, 1.807) is 13.8 Å². The number of hydrogen-bond acceptors (Lipinski definition) is 3. The molecular formula is C10H10ClF2NO3S. The van der Waals surface area contributed by atoms with Gasteiger partial charge in [0.25, 0.3) is 9.05 Å². The minimum absolute atomic E-state index is 0.472. The summed E-state index contributed by atoms with van der Waals surface area (Å²) < 4.78 is 48.8. The van der Waals surface area contributed by atoms with Crippen molar-refractivity contribution in [1.29, 1.82) is 0 Å². The summed E-state index contributed by atoms with van der Waals surface area (Å²) in [6.45, 7) is 3.09. The number of hydrogen-bond donors (Lipinski definition) is 1. The van der Waals surface area contributed by atoms with E-state index in [-0.39, 0.29) is 0 Å². The van der Waals surface area contributed by atoms with Gasteiger partial charge in [-0.25, -0.2) is 17.2 Å². The third kappa shape index (κ3) is 3.39.